The van der Waals surface area contributed by atoms with Gasteiger partial charge in [0.25, 0.3) is 5.56 Å². The Hall–Kier alpha value is -3.95. The van der Waals surface area contributed by atoms with Gasteiger partial charge in [-0.3, -0.25) is 4.79 Å². The molecule has 200 valence electrons. The zero-order valence-corrected chi connectivity index (χ0v) is 22.3. The number of carbonyl (C=O) groups is 1. The third-order valence-corrected chi connectivity index (χ3v) is 6.89. The summed E-state index contributed by atoms with van der Waals surface area (Å²) in [6, 6.07) is 9.44. The van der Waals surface area contributed by atoms with Gasteiger partial charge in [0.1, 0.15) is 11.4 Å². The highest BCUT2D eigenvalue weighted by Crippen LogP contribution is 2.29. The molecular formula is C28H35N7O3. The van der Waals surface area contributed by atoms with Gasteiger partial charge in [0, 0.05) is 56.2 Å². The summed E-state index contributed by atoms with van der Waals surface area (Å²) in [5, 5.41) is 3.18. The number of hydrogen-bond donors (Lipinski definition) is 1. The minimum absolute atomic E-state index is 0.0311. The van der Waals surface area contributed by atoms with E-state index in [1.165, 1.54) is 0 Å². The molecule has 2 aliphatic rings. The standard InChI is InChI=1S/C28H35N7O3/c1-28(2,3)38-27(37)34-16-14-33(15-17-34)22-9-10-24(30-18-22)32-26-29-13-12-23(31-26)20-8-11-25(36)35(19-20)21-6-4-5-7-21/h8-13,18-19,21H,4-7,14-17H2,1-3H3,(H,29,30,31,32). The summed E-state index contributed by atoms with van der Waals surface area (Å²) < 4.78 is 7.33. The van der Waals surface area contributed by atoms with E-state index in [-0.39, 0.29) is 17.7 Å². The van der Waals surface area contributed by atoms with E-state index in [4.69, 9.17) is 4.74 Å². The lowest BCUT2D eigenvalue weighted by Gasteiger charge is -2.36. The van der Waals surface area contributed by atoms with E-state index in [0.717, 1.165) is 42.6 Å². The fraction of sp³-hybridized carbons (Fsp3) is 0.464. The first-order chi connectivity index (χ1) is 18.2. The molecule has 0 radical (unpaired) electrons. The Balaban J connectivity index is 1.21. The Kier molecular flexibility index (Phi) is 7.31. The highest BCUT2D eigenvalue weighted by Gasteiger charge is 2.26. The predicted molar refractivity (Wildman–Crippen MR) is 147 cm³/mol. The Morgan fingerprint density at radius 2 is 1.76 bits per heavy atom. The van der Waals surface area contributed by atoms with E-state index in [1.54, 1.807) is 17.2 Å². The molecule has 2 fully saturated rings. The first-order valence-corrected chi connectivity index (χ1v) is 13.3. The maximum Gasteiger partial charge on any atom is 0.410 e. The first kappa shape index (κ1) is 25.7. The largest absolute Gasteiger partial charge is 0.444 e. The topological polar surface area (TPSA) is 105 Å². The van der Waals surface area contributed by atoms with Crippen molar-refractivity contribution in [2.24, 2.45) is 0 Å². The molecule has 1 aliphatic carbocycles. The van der Waals surface area contributed by atoms with Crippen LogP contribution in [0, 0.1) is 0 Å². The van der Waals surface area contributed by atoms with Crippen LogP contribution in [0.5, 0.6) is 0 Å². The molecule has 0 unspecified atom stereocenters. The molecule has 1 amide bonds. The Labute approximate surface area is 222 Å². The summed E-state index contributed by atoms with van der Waals surface area (Å²) in [6.07, 6.45) is 9.58. The van der Waals surface area contributed by atoms with Gasteiger partial charge in [0.05, 0.1) is 17.6 Å². The monoisotopic (exact) mass is 517 g/mol. The predicted octanol–water partition coefficient (Wildman–Crippen LogP) is 4.62. The molecule has 1 N–H and O–H groups in total. The van der Waals surface area contributed by atoms with Crippen LogP contribution >= 0.6 is 0 Å². The molecule has 10 heteroatoms. The van der Waals surface area contributed by atoms with Crippen molar-refractivity contribution in [3.05, 3.63) is 59.3 Å². The van der Waals surface area contributed by atoms with Crippen LogP contribution in [0.1, 0.15) is 52.5 Å². The van der Waals surface area contributed by atoms with Crippen LogP contribution < -0.4 is 15.8 Å². The molecule has 0 spiro atoms. The van der Waals surface area contributed by atoms with Gasteiger partial charge in [0.15, 0.2) is 0 Å². The van der Waals surface area contributed by atoms with Gasteiger partial charge in [-0.05, 0) is 57.9 Å². The molecule has 38 heavy (non-hydrogen) atoms. The van der Waals surface area contributed by atoms with Crippen LogP contribution in [-0.4, -0.2) is 62.3 Å². The Morgan fingerprint density at radius 3 is 2.45 bits per heavy atom. The zero-order chi connectivity index (χ0) is 26.7. The van der Waals surface area contributed by atoms with Crippen molar-refractivity contribution < 1.29 is 9.53 Å². The third-order valence-electron chi connectivity index (χ3n) is 6.89. The van der Waals surface area contributed by atoms with Crippen LogP contribution in [0.4, 0.5) is 22.2 Å². The number of piperazine rings is 1. The van der Waals surface area contributed by atoms with Crippen molar-refractivity contribution in [3.63, 3.8) is 0 Å². The molecular weight excluding hydrogens is 482 g/mol. The summed E-state index contributed by atoms with van der Waals surface area (Å²) in [5.74, 6) is 1.07. The van der Waals surface area contributed by atoms with Crippen molar-refractivity contribution in [1.29, 1.82) is 0 Å². The molecule has 1 aliphatic heterocycles. The molecule has 5 rings (SSSR count). The van der Waals surface area contributed by atoms with E-state index < -0.39 is 5.60 Å². The number of nitrogens with zero attached hydrogens (tertiary/aromatic N) is 6. The molecule has 4 heterocycles. The van der Waals surface area contributed by atoms with Gasteiger partial charge in [-0.15, -0.1) is 0 Å². The number of hydrogen-bond acceptors (Lipinski definition) is 8. The Morgan fingerprint density at radius 1 is 1.00 bits per heavy atom. The van der Waals surface area contributed by atoms with Crippen molar-refractivity contribution >= 4 is 23.5 Å². The SMILES string of the molecule is CC(C)(C)OC(=O)N1CCN(c2ccc(Nc3nccc(-c4ccc(=O)n(C5CCCC5)c4)n3)nc2)CC1. The van der Waals surface area contributed by atoms with E-state index in [2.05, 4.69) is 25.2 Å². The van der Waals surface area contributed by atoms with Gasteiger partial charge in [-0.1, -0.05) is 12.8 Å². The van der Waals surface area contributed by atoms with Gasteiger partial charge >= 0.3 is 6.09 Å². The summed E-state index contributed by atoms with van der Waals surface area (Å²) in [4.78, 5) is 42.2. The minimum atomic E-state index is -0.497. The lowest BCUT2D eigenvalue weighted by molar-refractivity contribution is 0.0240. The van der Waals surface area contributed by atoms with Crippen molar-refractivity contribution in [1.82, 2.24) is 24.4 Å². The van der Waals surface area contributed by atoms with Crippen LogP contribution in [0.3, 0.4) is 0 Å². The fourth-order valence-electron chi connectivity index (χ4n) is 4.94. The lowest BCUT2D eigenvalue weighted by atomic mass is 10.1. The van der Waals surface area contributed by atoms with Gasteiger partial charge in [0.2, 0.25) is 5.95 Å². The summed E-state index contributed by atoms with van der Waals surface area (Å²) in [6.45, 7) is 8.25. The summed E-state index contributed by atoms with van der Waals surface area (Å²) in [7, 11) is 0. The maximum absolute atomic E-state index is 12.4. The van der Waals surface area contributed by atoms with E-state index >= 15 is 0 Å². The number of rotatable bonds is 5. The average molecular weight is 518 g/mol. The molecule has 0 atom stereocenters. The number of ether oxygens (including phenoxy) is 1. The molecule has 3 aromatic rings. The first-order valence-electron chi connectivity index (χ1n) is 13.3. The van der Waals surface area contributed by atoms with E-state index in [9.17, 15) is 9.59 Å². The van der Waals surface area contributed by atoms with Crippen LogP contribution in [-0.2, 0) is 4.74 Å². The smallest absolute Gasteiger partial charge is 0.410 e. The van der Waals surface area contributed by atoms with Gasteiger partial charge in [-0.2, -0.15) is 0 Å². The normalized spacial score (nSPS) is 16.5. The molecule has 0 bridgehead atoms. The van der Waals surface area contributed by atoms with Crippen molar-refractivity contribution in [3.8, 4) is 11.3 Å². The molecule has 3 aromatic heterocycles. The lowest BCUT2D eigenvalue weighted by Crippen LogP contribution is -2.50. The number of anilines is 3. The van der Waals surface area contributed by atoms with Crippen molar-refractivity contribution in [2.45, 2.75) is 58.1 Å². The number of amides is 1. The summed E-state index contributed by atoms with van der Waals surface area (Å²) in [5.41, 5.74) is 2.15. The molecule has 10 nitrogen and oxygen atoms in total. The quantitative estimate of drug-likeness (QED) is 0.523. The summed E-state index contributed by atoms with van der Waals surface area (Å²) >= 11 is 0. The number of aromatic nitrogens is 4. The van der Waals surface area contributed by atoms with E-state index in [1.807, 2.05) is 62.0 Å². The second-order valence-corrected chi connectivity index (χ2v) is 10.8. The molecule has 0 aromatic carbocycles. The number of pyridine rings is 2. The second-order valence-electron chi connectivity index (χ2n) is 10.8. The number of carbonyl (C=O) groups excluding carboxylic acids is 1. The maximum atomic E-state index is 12.4. The fourth-order valence-corrected chi connectivity index (χ4v) is 4.94. The Bertz CT molecular complexity index is 1320. The minimum Gasteiger partial charge on any atom is -0.444 e. The number of nitrogens with one attached hydrogen (secondary N) is 1. The second kappa shape index (κ2) is 10.8. The van der Waals surface area contributed by atoms with Gasteiger partial charge in [-0.25, -0.2) is 19.7 Å². The van der Waals surface area contributed by atoms with Crippen LogP contribution in [0.15, 0.2) is 53.7 Å². The average Bonchev–Trinajstić information content (AvgIpc) is 3.44. The molecule has 1 saturated heterocycles. The van der Waals surface area contributed by atoms with Gasteiger partial charge < -0.3 is 24.4 Å². The van der Waals surface area contributed by atoms with Crippen LogP contribution in [0.25, 0.3) is 11.3 Å². The third kappa shape index (κ3) is 6.12. The zero-order valence-electron chi connectivity index (χ0n) is 22.3. The molecule has 1 saturated carbocycles. The highest BCUT2D eigenvalue weighted by atomic mass is 16.6. The highest BCUT2D eigenvalue weighted by molar-refractivity contribution is 5.68. The van der Waals surface area contributed by atoms with Crippen molar-refractivity contribution in [2.75, 3.05) is 36.4 Å². The van der Waals surface area contributed by atoms with E-state index in [0.29, 0.717) is 37.9 Å². The van der Waals surface area contributed by atoms with Crippen LogP contribution in [0.2, 0.25) is 0 Å².